The molecule has 1 aromatic heterocycles. The average molecular weight is 356 g/mol. The summed E-state index contributed by atoms with van der Waals surface area (Å²) in [6.07, 6.45) is 5.84. The highest BCUT2D eigenvalue weighted by Crippen LogP contribution is 2.26. The summed E-state index contributed by atoms with van der Waals surface area (Å²) in [6, 6.07) is 12.5. The summed E-state index contributed by atoms with van der Waals surface area (Å²) in [5, 5.41) is 3.64. The first-order chi connectivity index (χ1) is 12.3. The monoisotopic (exact) mass is 356 g/mol. The number of thioether (sulfide) groups is 1. The second kappa shape index (κ2) is 9.53. The zero-order valence-corrected chi connectivity index (χ0v) is 15.1. The molecule has 0 aliphatic carbocycles. The molecule has 25 heavy (non-hydrogen) atoms. The van der Waals surface area contributed by atoms with Gasteiger partial charge in [0, 0.05) is 32.0 Å². The quantitative estimate of drug-likeness (QED) is 0.610. The molecule has 1 aromatic carbocycles. The zero-order valence-electron chi connectivity index (χ0n) is 14.3. The molecular weight excluding hydrogens is 332 g/mol. The van der Waals surface area contributed by atoms with Crippen LogP contribution in [0.1, 0.15) is 24.3 Å². The molecule has 0 radical (unpaired) electrons. The summed E-state index contributed by atoms with van der Waals surface area (Å²) in [5.74, 6) is 1.00. The lowest BCUT2D eigenvalue weighted by molar-refractivity contribution is -0.118. The third kappa shape index (κ3) is 5.83. The van der Waals surface area contributed by atoms with Crippen molar-refractivity contribution >= 4 is 17.7 Å². The van der Waals surface area contributed by atoms with Crippen LogP contribution >= 0.6 is 11.8 Å². The van der Waals surface area contributed by atoms with E-state index in [1.165, 1.54) is 30.2 Å². The fourth-order valence-corrected chi connectivity index (χ4v) is 3.78. The van der Waals surface area contributed by atoms with Crippen molar-refractivity contribution in [1.82, 2.24) is 20.2 Å². The van der Waals surface area contributed by atoms with Crippen LogP contribution in [0.3, 0.4) is 0 Å². The molecule has 1 fully saturated rings. The van der Waals surface area contributed by atoms with Crippen LogP contribution in [0.4, 0.5) is 0 Å². The minimum atomic E-state index is 0.0362. The van der Waals surface area contributed by atoms with Crippen molar-refractivity contribution in [3.63, 3.8) is 0 Å². The van der Waals surface area contributed by atoms with Crippen LogP contribution < -0.4 is 5.32 Å². The van der Waals surface area contributed by atoms with Crippen LogP contribution in [-0.2, 0) is 4.79 Å². The lowest BCUT2D eigenvalue weighted by Crippen LogP contribution is -2.40. The van der Waals surface area contributed by atoms with Crippen molar-refractivity contribution in [2.24, 2.45) is 0 Å². The number of nitrogens with one attached hydrogen (secondary N) is 1. The molecule has 1 aliphatic heterocycles. The number of hydrogen-bond donors (Lipinski definition) is 1. The zero-order chi connectivity index (χ0) is 17.3. The van der Waals surface area contributed by atoms with Crippen molar-refractivity contribution in [2.75, 3.05) is 31.9 Å². The van der Waals surface area contributed by atoms with Gasteiger partial charge >= 0.3 is 0 Å². The molecule has 1 aliphatic rings. The maximum Gasteiger partial charge on any atom is 0.230 e. The fraction of sp³-hybridized carbons (Fsp3) is 0.421. The Morgan fingerprint density at radius 2 is 2.00 bits per heavy atom. The number of nitrogens with zero attached hydrogens (tertiary/aromatic N) is 3. The predicted octanol–water partition coefficient (Wildman–Crippen LogP) is 2.56. The van der Waals surface area contributed by atoms with E-state index in [0.717, 1.165) is 19.6 Å². The number of aromatic nitrogens is 2. The number of rotatable bonds is 7. The topological polar surface area (TPSA) is 58.1 Å². The Kier molecular flexibility index (Phi) is 6.82. The molecule has 0 saturated carbocycles. The van der Waals surface area contributed by atoms with Gasteiger partial charge in [0.2, 0.25) is 5.91 Å². The predicted molar refractivity (Wildman–Crippen MR) is 101 cm³/mol. The highest BCUT2D eigenvalue weighted by molar-refractivity contribution is 7.99. The molecule has 3 rings (SSSR count). The van der Waals surface area contributed by atoms with Gasteiger partial charge in [-0.15, -0.1) is 0 Å². The number of likely N-dealkylation sites (tertiary alicyclic amines) is 1. The van der Waals surface area contributed by atoms with E-state index in [4.69, 9.17) is 0 Å². The Bertz CT molecular complexity index is 653. The lowest BCUT2D eigenvalue weighted by Gasteiger charge is -2.33. The van der Waals surface area contributed by atoms with Crippen LogP contribution in [-0.4, -0.2) is 52.7 Å². The molecule has 0 unspecified atom stereocenters. The summed E-state index contributed by atoms with van der Waals surface area (Å²) < 4.78 is 0. The number of carbonyl (C=O) groups excluding carboxylic acids is 1. The third-order valence-electron chi connectivity index (χ3n) is 4.40. The van der Waals surface area contributed by atoms with E-state index in [9.17, 15) is 4.79 Å². The largest absolute Gasteiger partial charge is 0.354 e. The van der Waals surface area contributed by atoms with E-state index in [-0.39, 0.29) is 5.91 Å². The molecule has 5 nitrogen and oxygen atoms in total. The van der Waals surface area contributed by atoms with E-state index >= 15 is 0 Å². The van der Waals surface area contributed by atoms with Crippen LogP contribution in [0.2, 0.25) is 0 Å². The van der Waals surface area contributed by atoms with Gasteiger partial charge < -0.3 is 10.2 Å². The van der Waals surface area contributed by atoms with Crippen LogP contribution in [0.15, 0.2) is 53.9 Å². The Morgan fingerprint density at radius 3 is 2.80 bits per heavy atom. The maximum absolute atomic E-state index is 11.9. The molecule has 6 heteroatoms. The molecule has 2 heterocycles. The SMILES string of the molecule is O=C(CSc1ncccn1)NCCN1CCC[C@@H](c2ccccc2)C1. The molecule has 1 amide bonds. The van der Waals surface area contributed by atoms with Gasteiger partial charge in [0.25, 0.3) is 0 Å². The summed E-state index contributed by atoms with van der Waals surface area (Å²) in [7, 11) is 0. The number of benzene rings is 1. The maximum atomic E-state index is 11.9. The van der Waals surface area contributed by atoms with Gasteiger partial charge in [-0.3, -0.25) is 4.79 Å². The van der Waals surface area contributed by atoms with Crippen molar-refractivity contribution in [3.8, 4) is 0 Å². The van der Waals surface area contributed by atoms with Gasteiger partial charge in [0.05, 0.1) is 5.75 Å². The molecule has 2 aromatic rings. The number of amides is 1. The Morgan fingerprint density at radius 1 is 1.20 bits per heavy atom. The first-order valence-corrected chi connectivity index (χ1v) is 9.73. The minimum absolute atomic E-state index is 0.0362. The summed E-state index contributed by atoms with van der Waals surface area (Å²) in [5.41, 5.74) is 1.43. The molecular formula is C19H24N4OS. The van der Waals surface area contributed by atoms with Crippen molar-refractivity contribution in [3.05, 3.63) is 54.4 Å². The number of piperidine rings is 1. The van der Waals surface area contributed by atoms with Crippen molar-refractivity contribution in [2.45, 2.75) is 23.9 Å². The first-order valence-electron chi connectivity index (χ1n) is 8.75. The molecule has 0 bridgehead atoms. The number of hydrogen-bond acceptors (Lipinski definition) is 5. The van der Waals surface area contributed by atoms with Crippen molar-refractivity contribution < 1.29 is 4.79 Å². The van der Waals surface area contributed by atoms with Crippen LogP contribution in [0.25, 0.3) is 0 Å². The van der Waals surface area contributed by atoms with Gasteiger partial charge in [-0.1, -0.05) is 42.1 Å². The van der Waals surface area contributed by atoms with Gasteiger partial charge in [0.15, 0.2) is 5.16 Å². The summed E-state index contributed by atoms with van der Waals surface area (Å²) in [6.45, 7) is 3.79. The highest BCUT2D eigenvalue weighted by Gasteiger charge is 2.20. The second-order valence-corrected chi connectivity index (χ2v) is 7.16. The summed E-state index contributed by atoms with van der Waals surface area (Å²) >= 11 is 1.36. The Labute approximate surface area is 153 Å². The van der Waals surface area contributed by atoms with E-state index in [0.29, 0.717) is 23.4 Å². The molecule has 1 saturated heterocycles. The smallest absolute Gasteiger partial charge is 0.230 e. The van der Waals surface area contributed by atoms with E-state index < -0.39 is 0 Å². The van der Waals surface area contributed by atoms with Gasteiger partial charge in [-0.05, 0) is 36.9 Å². The molecule has 0 spiro atoms. The Hall–Kier alpha value is -1.92. The van der Waals surface area contributed by atoms with E-state index in [2.05, 4.69) is 50.5 Å². The standard InChI is InChI=1S/C19H24N4OS/c24-18(15-25-19-21-9-5-10-22-19)20-11-13-23-12-4-8-17(14-23)16-6-2-1-3-7-16/h1-3,5-7,9-10,17H,4,8,11-15H2,(H,20,24)/t17-/m1/s1. The van der Waals surface area contributed by atoms with E-state index in [1.807, 2.05) is 0 Å². The molecule has 1 atom stereocenters. The highest BCUT2D eigenvalue weighted by atomic mass is 32.2. The summed E-state index contributed by atoms with van der Waals surface area (Å²) in [4.78, 5) is 22.6. The second-order valence-electron chi connectivity index (χ2n) is 6.22. The Balaban J connectivity index is 1.36. The third-order valence-corrected chi connectivity index (χ3v) is 5.28. The fourth-order valence-electron chi connectivity index (χ4n) is 3.15. The van der Waals surface area contributed by atoms with Crippen LogP contribution in [0, 0.1) is 0 Å². The average Bonchev–Trinajstić information content (AvgIpc) is 2.68. The lowest BCUT2D eigenvalue weighted by atomic mass is 9.91. The minimum Gasteiger partial charge on any atom is -0.354 e. The van der Waals surface area contributed by atoms with Gasteiger partial charge in [0.1, 0.15) is 0 Å². The van der Waals surface area contributed by atoms with Gasteiger partial charge in [-0.2, -0.15) is 0 Å². The van der Waals surface area contributed by atoms with Gasteiger partial charge in [-0.25, -0.2) is 9.97 Å². The first kappa shape index (κ1) is 17.9. The normalized spacial score (nSPS) is 18.0. The van der Waals surface area contributed by atoms with Crippen LogP contribution in [0.5, 0.6) is 0 Å². The molecule has 1 N–H and O–H groups in total. The van der Waals surface area contributed by atoms with Crippen molar-refractivity contribution in [1.29, 1.82) is 0 Å². The molecule has 132 valence electrons. The van der Waals surface area contributed by atoms with E-state index in [1.54, 1.807) is 18.5 Å². The number of carbonyl (C=O) groups is 1.